The second kappa shape index (κ2) is 7.47. The number of carboxylic acid groups (broad SMARTS) is 1. The van der Waals surface area contributed by atoms with Gasteiger partial charge in [0.2, 0.25) is 11.8 Å². The molecule has 0 saturated heterocycles. The molecule has 2 amide bonds. The van der Waals surface area contributed by atoms with Gasteiger partial charge in [-0.3, -0.25) is 9.59 Å². The smallest absolute Gasteiger partial charge is 0.335 e. The second-order valence-corrected chi connectivity index (χ2v) is 6.60. The van der Waals surface area contributed by atoms with Crippen LogP contribution in [0.15, 0.2) is 24.3 Å². The molecule has 1 fully saturated rings. The zero-order valence-corrected chi connectivity index (χ0v) is 14.2. The molecule has 1 aliphatic rings. The molecule has 0 atom stereocenters. The number of carbonyl (C=O) groups excluding carboxylic acids is 2. The molecule has 0 spiro atoms. The molecule has 0 bridgehead atoms. The highest BCUT2D eigenvalue weighted by Gasteiger charge is 2.42. The molecule has 0 aromatic heterocycles. The molecule has 1 aromatic rings. The molecule has 0 unspecified atom stereocenters. The Morgan fingerprint density at radius 1 is 1.17 bits per heavy atom. The van der Waals surface area contributed by atoms with Crippen LogP contribution >= 0.6 is 0 Å². The highest BCUT2D eigenvalue weighted by molar-refractivity contribution is 5.92. The summed E-state index contributed by atoms with van der Waals surface area (Å²) in [6, 6.07) is 6.47. The third-order valence-corrected chi connectivity index (χ3v) is 4.64. The first-order valence-corrected chi connectivity index (χ1v) is 8.15. The molecular weight excluding hydrogens is 308 g/mol. The summed E-state index contributed by atoms with van der Waals surface area (Å²) in [7, 11) is 3.46. The molecule has 1 aromatic carbocycles. The second-order valence-electron chi connectivity index (χ2n) is 6.60. The third kappa shape index (κ3) is 3.93. The molecule has 1 saturated carbocycles. The number of carbonyl (C=O) groups is 3. The molecule has 0 heterocycles. The normalized spacial score (nSPS) is 15.8. The van der Waals surface area contributed by atoms with Gasteiger partial charge in [0.05, 0.1) is 17.4 Å². The average Bonchev–Trinajstić information content (AvgIpc) is 3.02. The maximum absolute atomic E-state index is 12.5. The Labute approximate surface area is 141 Å². The molecule has 6 heteroatoms. The zero-order valence-electron chi connectivity index (χ0n) is 14.2. The van der Waals surface area contributed by atoms with Gasteiger partial charge in [-0.25, -0.2) is 4.79 Å². The molecule has 1 aliphatic carbocycles. The van der Waals surface area contributed by atoms with Gasteiger partial charge in [-0.15, -0.1) is 0 Å². The van der Waals surface area contributed by atoms with E-state index in [1.54, 1.807) is 37.2 Å². The lowest BCUT2D eigenvalue weighted by atomic mass is 9.84. The van der Waals surface area contributed by atoms with E-state index in [-0.39, 0.29) is 23.8 Å². The first kappa shape index (κ1) is 18.0. The summed E-state index contributed by atoms with van der Waals surface area (Å²) in [6.07, 6.45) is 3.51. The Hall–Kier alpha value is -2.37. The van der Waals surface area contributed by atoms with Crippen LogP contribution in [0.2, 0.25) is 0 Å². The van der Waals surface area contributed by atoms with Crippen LogP contribution in [-0.4, -0.2) is 48.4 Å². The Balaban J connectivity index is 2.02. The lowest BCUT2D eigenvalue weighted by Gasteiger charge is -2.30. The topological polar surface area (TPSA) is 86.7 Å². The highest BCUT2D eigenvalue weighted by Crippen LogP contribution is 2.38. The minimum Gasteiger partial charge on any atom is -0.478 e. The number of nitrogens with zero attached hydrogens (tertiary/aromatic N) is 1. The minimum atomic E-state index is -1.05. The molecule has 2 N–H and O–H groups in total. The molecule has 6 nitrogen and oxygen atoms in total. The fourth-order valence-corrected chi connectivity index (χ4v) is 3.38. The first-order chi connectivity index (χ1) is 11.4. The number of carboxylic acids is 1. The van der Waals surface area contributed by atoms with E-state index >= 15 is 0 Å². The maximum Gasteiger partial charge on any atom is 0.335 e. The van der Waals surface area contributed by atoms with Crippen LogP contribution in [0.3, 0.4) is 0 Å². The van der Waals surface area contributed by atoms with Gasteiger partial charge < -0.3 is 15.3 Å². The average molecular weight is 332 g/mol. The SMILES string of the molecule is CN(C)C(=O)C1(CNC(=O)Cc2ccccc2C(=O)O)CCCC1. The van der Waals surface area contributed by atoms with E-state index in [2.05, 4.69) is 5.32 Å². The fraction of sp³-hybridized carbons (Fsp3) is 0.500. The summed E-state index contributed by atoms with van der Waals surface area (Å²) in [5.41, 5.74) is 0.0837. The van der Waals surface area contributed by atoms with Crippen molar-refractivity contribution in [3.05, 3.63) is 35.4 Å². The van der Waals surface area contributed by atoms with Crippen molar-refractivity contribution in [3.63, 3.8) is 0 Å². The van der Waals surface area contributed by atoms with Crippen LogP contribution in [0.25, 0.3) is 0 Å². The molecule has 130 valence electrons. The summed E-state index contributed by atoms with van der Waals surface area (Å²) in [5.74, 6) is -1.26. The summed E-state index contributed by atoms with van der Waals surface area (Å²) < 4.78 is 0. The van der Waals surface area contributed by atoms with Gasteiger partial charge in [-0.1, -0.05) is 31.0 Å². The van der Waals surface area contributed by atoms with Gasteiger partial charge in [0.1, 0.15) is 0 Å². The Bertz CT molecular complexity index is 634. The van der Waals surface area contributed by atoms with Crippen LogP contribution in [0.4, 0.5) is 0 Å². The van der Waals surface area contributed by atoms with Gasteiger partial charge in [-0.2, -0.15) is 0 Å². The van der Waals surface area contributed by atoms with Crippen molar-refractivity contribution < 1.29 is 19.5 Å². The number of hydrogen-bond donors (Lipinski definition) is 2. The van der Waals surface area contributed by atoms with Crippen molar-refractivity contribution in [2.24, 2.45) is 5.41 Å². The van der Waals surface area contributed by atoms with Gasteiger partial charge in [-0.05, 0) is 24.5 Å². The Kier molecular flexibility index (Phi) is 5.59. The molecule has 2 rings (SSSR count). The number of rotatable bonds is 6. The van der Waals surface area contributed by atoms with Crippen molar-refractivity contribution in [3.8, 4) is 0 Å². The van der Waals surface area contributed by atoms with Crippen molar-refractivity contribution in [1.82, 2.24) is 10.2 Å². The predicted molar refractivity (Wildman–Crippen MR) is 89.7 cm³/mol. The maximum atomic E-state index is 12.5. The van der Waals surface area contributed by atoms with Crippen molar-refractivity contribution in [1.29, 1.82) is 0 Å². The monoisotopic (exact) mass is 332 g/mol. The predicted octanol–water partition coefficient (Wildman–Crippen LogP) is 1.69. The Morgan fingerprint density at radius 3 is 2.38 bits per heavy atom. The van der Waals surface area contributed by atoms with Crippen LogP contribution < -0.4 is 5.32 Å². The summed E-state index contributed by atoms with van der Waals surface area (Å²) in [6.45, 7) is 0.304. The largest absolute Gasteiger partial charge is 0.478 e. The van der Waals surface area contributed by atoms with E-state index in [0.29, 0.717) is 12.1 Å². The molecule has 24 heavy (non-hydrogen) atoms. The third-order valence-electron chi connectivity index (χ3n) is 4.64. The van der Waals surface area contributed by atoms with Crippen LogP contribution in [0.5, 0.6) is 0 Å². The zero-order chi connectivity index (χ0) is 17.7. The van der Waals surface area contributed by atoms with Gasteiger partial charge in [0, 0.05) is 20.6 Å². The van der Waals surface area contributed by atoms with E-state index in [1.807, 2.05) is 0 Å². The highest BCUT2D eigenvalue weighted by atomic mass is 16.4. The number of nitrogens with one attached hydrogen (secondary N) is 1. The minimum absolute atomic E-state index is 0.00525. The van der Waals surface area contributed by atoms with Crippen LogP contribution in [0.1, 0.15) is 41.6 Å². The summed E-state index contributed by atoms with van der Waals surface area (Å²) >= 11 is 0. The van der Waals surface area contributed by atoms with E-state index < -0.39 is 11.4 Å². The summed E-state index contributed by atoms with van der Waals surface area (Å²) in [5, 5.41) is 12.0. The van der Waals surface area contributed by atoms with Gasteiger partial charge in [0.15, 0.2) is 0 Å². The quantitative estimate of drug-likeness (QED) is 0.830. The van der Waals surface area contributed by atoms with E-state index in [4.69, 9.17) is 0 Å². The first-order valence-electron chi connectivity index (χ1n) is 8.15. The van der Waals surface area contributed by atoms with E-state index in [0.717, 1.165) is 25.7 Å². The van der Waals surface area contributed by atoms with Crippen LogP contribution in [-0.2, 0) is 16.0 Å². The lowest BCUT2D eigenvalue weighted by molar-refractivity contribution is -0.139. The standard InChI is InChI=1S/C18H24N2O4/c1-20(2)17(24)18(9-5-6-10-18)12-19-15(21)11-13-7-3-4-8-14(13)16(22)23/h3-4,7-8H,5-6,9-12H2,1-2H3,(H,19,21)(H,22,23). The molecular formula is C18H24N2O4. The number of amides is 2. The van der Waals surface area contributed by atoms with E-state index in [9.17, 15) is 19.5 Å². The van der Waals surface area contributed by atoms with Gasteiger partial charge in [0.25, 0.3) is 0 Å². The molecule has 0 aliphatic heterocycles. The Morgan fingerprint density at radius 2 is 1.79 bits per heavy atom. The number of benzene rings is 1. The van der Waals surface area contributed by atoms with Gasteiger partial charge >= 0.3 is 5.97 Å². The number of hydrogen-bond acceptors (Lipinski definition) is 3. The lowest BCUT2D eigenvalue weighted by Crippen LogP contribution is -2.46. The van der Waals surface area contributed by atoms with E-state index in [1.165, 1.54) is 6.07 Å². The van der Waals surface area contributed by atoms with Crippen molar-refractivity contribution in [2.45, 2.75) is 32.1 Å². The number of aromatic carboxylic acids is 1. The summed E-state index contributed by atoms with van der Waals surface area (Å²) in [4.78, 5) is 37.5. The molecule has 0 radical (unpaired) electrons. The van der Waals surface area contributed by atoms with Crippen LogP contribution in [0, 0.1) is 5.41 Å². The fourth-order valence-electron chi connectivity index (χ4n) is 3.38. The van der Waals surface area contributed by atoms with Crippen molar-refractivity contribution in [2.75, 3.05) is 20.6 Å². The van der Waals surface area contributed by atoms with Crippen molar-refractivity contribution >= 4 is 17.8 Å².